The fourth-order valence-electron chi connectivity index (χ4n) is 2.99. The van der Waals surface area contributed by atoms with Crippen LogP contribution < -0.4 is 15.0 Å². The normalized spacial score (nSPS) is 20.3. The Kier molecular flexibility index (Phi) is 4.51. The molecule has 0 spiro atoms. The molecule has 1 aromatic heterocycles. The Morgan fingerprint density at radius 2 is 2.16 bits per heavy atom. The van der Waals surface area contributed by atoms with Gasteiger partial charge >= 0.3 is 0 Å². The van der Waals surface area contributed by atoms with Gasteiger partial charge in [-0.25, -0.2) is 4.39 Å². The minimum atomic E-state index is -0.232. The molecular weight excluding hydrogens is 327 g/mol. The van der Waals surface area contributed by atoms with Crippen molar-refractivity contribution in [1.29, 1.82) is 0 Å². The van der Waals surface area contributed by atoms with Gasteiger partial charge in [0.15, 0.2) is 6.10 Å². The number of oxime groups is 1. The van der Waals surface area contributed by atoms with Gasteiger partial charge < -0.3 is 24.3 Å². The SMILES string of the molecule is Fc1cc(C2=NO[C@H](COc3ccon3)C2)ccc1N1CCNCC1. The molecule has 132 valence electrons. The van der Waals surface area contributed by atoms with Gasteiger partial charge in [-0.05, 0) is 17.3 Å². The van der Waals surface area contributed by atoms with Crippen molar-refractivity contribution in [2.24, 2.45) is 5.16 Å². The number of halogens is 1. The van der Waals surface area contributed by atoms with Crippen LogP contribution in [0.4, 0.5) is 10.1 Å². The molecule has 1 aromatic carbocycles. The van der Waals surface area contributed by atoms with Gasteiger partial charge in [-0.1, -0.05) is 11.2 Å². The average molecular weight is 346 g/mol. The average Bonchev–Trinajstić information content (AvgIpc) is 3.32. The number of hydrogen-bond acceptors (Lipinski definition) is 7. The highest BCUT2D eigenvalue weighted by atomic mass is 19.1. The van der Waals surface area contributed by atoms with E-state index in [1.54, 1.807) is 6.07 Å². The molecule has 7 nitrogen and oxygen atoms in total. The van der Waals surface area contributed by atoms with E-state index in [9.17, 15) is 4.39 Å². The number of nitrogens with one attached hydrogen (secondary N) is 1. The topological polar surface area (TPSA) is 72.1 Å². The monoisotopic (exact) mass is 346 g/mol. The molecule has 1 fully saturated rings. The van der Waals surface area contributed by atoms with E-state index in [-0.39, 0.29) is 11.9 Å². The highest BCUT2D eigenvalue weighted by Gasteiger charge is 2.24. The zero-order valence-corrected chi connectivity index (χ0v) is 13.7. The van der Waals surface area contributed by atoms with E-state index < -0.39 is 0 Å². The standard InChI is InChI=1S/C17H19FN4O3/c18-14-9-12(1-2-16(14)22-6-4-19-5-7-22)15-10-13(25-20-15)11-23-17-3-8-24-21-17/h1-3,8-9,13,19H,4-7,10-11H2/t13-/m0/s1. The number of aromatic nitrogens is 1. The number of rotatable bonds is 5. The van der Waals surface area contributed by atoms with Crippen LogP contribution in [0.3, 0.4) is 0 Å². The van der Waals surface area contributed by atoms with E-state index in [4.69, 9.17) is 14.1 Å². The lowest BCUT2D eigenvalue weighted by Gasteiger charge is -2.29. The molecule has 0 radical (unpaired) electrons. The van der Waals surface area contributed by atoms with Crippen LogP contribution in [0.2, 0.25) is 0 Å². The van der Waals surface area contributed by atoms with Gasteiger partial charge in [0.1, 0.15) is 18.7 Å². The van der Waals surface area contributed by atoms with Crippen LogP contribution in [0.15, 0.2) is 40.2 Å². The maximum absolute atomic E-state index is 14.5. The van der Waals surface area contributed by atoms with E-state index in [1.807, 2.05) is 12.1 Å². The lowest BCUT2D eigenvalue weighted by atomic mass is 10.0. The second kappa shape index (κ2) is 7.10. The first-order chi connectivity index (χ1) is 12.3. The maximum Gasteiger partial charge on any atom is 0.254 e. The molecular formula is C17H19FN4O3. The summed E-state index contributed by atoms with van der Waals surface area (Å²) in [6.45, 7) is 3.66. The first kappa shape index (κ1) is 15.9. The number of benzene rings is 1. The third-order valence-electron chi connectivity index (χ3n) is 4.30. The molecule has 1 atom stereocenters. The highest BCUT2D eigenvalue weighted by molar-refractivity contribution is 6.01. The molecule has 3 heterocycles. The molecule has 0 aliphatic carbocycles. The van der Waals surface area contributed by atoms with E-state index in [0.29, 0.717) is 24.6 Å². The van der Waals surface area contributed by atoms with Crippen LogP contribution in [-0.4, -0.2) is 49.8 Å². The quantitative estimate of drug-likeness (QED) is 0.890. The van der Waals surface area contributed by atoms with Gasteiger partial charge in [0.2, 0.25) is 0 Å². The summed E-state index contributed by atoms with van der Waals surface area (Å²) in [5, 5.41) is 11.0. The van der Waals surface area contributed by atoms with Crippen molar-refractivity contribution < 1.29 is 18.5 Å². The second-order valence-corrected chi connectivity index (χ2v) is 6.02. The largest absolute Gasteiger partial charge is 0.471 e. The van der Waals surface area contributed by atoms with E-state index in [0.717, 1.165) is 37.5 Å². The van der Waals surface area contributed by atoms with Gasteiger partial charge in [-0.2, -0.15) is 0 Å². The Balaban J connectivity index is 1.38. The van der Waals surface area contributed by atoms with Crippen LogP contribution in [-0.2, 0) is 4.84 Å². The molecule has 0 unspecified atom stereocenters. The summed E-state index contributed by atoms with van der Waals surface area (Å²) in [6.07, 6.45) is 1.78. The molecule has 4 rings (SSSR count). The number of ether oxygens (including phenoxy) is 1. The summed E-state index contributed by atoms with van der Waals surface area (Å²) in [7, 11) is 0. The summed E-state index contributed by atoms with van der Waals surface area (Å²) in [4.78, 5) is 7.42. The van der Waals surface area contributed by atoms with Gasteiger partial charge in [-0.3, -0.25) is 0 Å². The molecule has 2 aliphatic rings. The van der Waals surface area contributed by atoms with Crippen molar-refractivity contribution in [3.05, 3.63) is 41.9 Å². The Morgan fingerprint density at radius 1 is 1.28 bits per heavy atom. The number of anilines is 1. The fraction of sp³-hybridized carbons (Fsp3) is 0.412. The molecule has 0 bridgehead atoms. The first-order valence-electron chi connectivity index (χ1n) is 8.31. The summed E-state index contributed by atoms with van der Waals surface area (Å²) in [5.74, 6) is 0.174. The number of hydrogen-bond donors (Lipinski definition) is 1. The highest BCUT2D eigenvalue weighted by Crippen LogP contribution is 2.24. The Hall–Kier alpha value is -2.61. The van der Waals surface area contributed by atoms with Crippen LogP contribution in [0, 0.1) is 5.82 Å². The van der Waals surface area contributed by atoms with Gasteiger partial charge in [0.05, 0.1) is 11.4 Å². The molecule has 0 amide bonds. The predicted molar refractivity (Wildman–Crippen MR) is 89.5 cm³/mol. The summed E-state index contributed by atoms with van der Waals surface area (Å²) in [5.41, 5.74) is 2.09. The van der Waals surface area contributed by atoms with E-state index in [2.05, 4.69) is 20.5 Å². The Morgan fingerprint density at radius 3 is 2.92 bits per heavy atom. The number of nitrogens with zero attached hydrogens (tertiary/aromatic N) is 3. The zero-order chi connectivity index (χ0) is 17.1. The van der Waals surface area contributed by atoms with Gasteiger partial charge in [-0.15, -0.1) is 0 Å². The molecule has 2 aliphatic heterocycles. The Labute approximate surface area is 144 Å². The van der Waals surface area contributed by atoms with Gasteiger partial charge in [0, 0.05) is 44.2 Å². The minimum absolute atomic E-state index is 0.220. The first-order valence-corrected chi connectivity index (χ1v) is 8.31. The van der Waals surface area contributed by atoms with Crippen molar-refractivity contribution >= 4 is 11.4 Å². The van der Waals surface area contributed by atoms with Crippen LogP contribution in [0.25, 0.3) is 0 Å². The molecule has 1 saturated heterocycles. The summed E-state index contributed by atoms with van der Waals surface area (Å²) < 4.78 is 24.7. The van der Waals surface area contributed by atoms with Crippen LogP contribution >= 0.6 is 0 Å². The fourth-order valence-corrected chi connectivity index (χ4v) is 2.99. The molecule has 2 aromatic rings. The lowest BCUT2D eigenvalue weighted by molar-refractivity contribution is 0.0446. The molecule has 0 saturated carbocycles. The van der Waals surface area contributed by atoms with Crippen molar-refractivity contribution in [3.8, 4) is 5.88 Å². The van der Waals surface area contributed by atoms with Crippen molar-refractivity contribution in [2.45, 2.75) is 12.5 Å². The van der Waals surface area contributed by atoms with Crippen LogP contribution in [0.1, 0.15) is 12.0 Å². The van der Waals surface area contributed by atoms with Crippen molar-refractivity contribution in [1.82, 2.24) is 10.5 Å². The van der Waals surface area contributed by atoms with Crippen LogP contribution in [0.5, 0.6) is 5.88 Å². The summed E-state index contributed by atoms with van der Waals surface area (Å²) >= 11 is 0. The molecule has 8 heteroatoms. The molecule has 1 N–H and O–H groups in total. The smallest absolute Gasteiger partial charge is 0.254 e. The number of piperazine rings is 1. The lowest BCUT2D eigenvalue weighted by Crippen LogP contribution is -2.43. The predicted octanol–water partition coefficient (Wildman–Crippen LogP) is 1.80. The van der Waals surface area contributed by atoms with Crippen molar-refractivity contribution in [2.75, 3.05) is 37.7 Å². The van der Waals surface area contributed by atoms with E-state index in [1.165, 1.54) is 12.3 Å². The summed E-state index contributed by atoms with van der Waals surface area (Å²) in [6, 6.07) is 6.86. The second-order valence-electron chi connectivity index (χ2n) is 6.02. The van der Waals surface area contributed by atoms with Crippen molar-refractivity contribution in [3.63, 3.8) is 0 Å². The maximum atomic E-state index is 14.5. The zero-order valence-electron chi connectivity index (χ0n) is 13.7. The Bertz CT molecular complexity index is 744. The molecule has 25 heavy (non-hydrogen) atoms. The van der Waals surface area contributed by atoms with E-state index >= 15 is 0 Å². The van der Waals surface area contributed by atoms with Gasteiger partial charge in [0.25, 0.3) is 5.88 Å². The third kappa shape index (κ3) is 3.58. The third-order valence-corrected chi connectivity index (χ3v) is 4.30. The minimum Gasteiger partial charge on any atom is -0.471 e.